The maximum Gasteiger partial charge on any atom is 0.336 e. The molecule has 0 spiro atoms. The summed E-state index contributed by atoms with van der Waals surface area (Å²) in [5.41, 5.74) is 2.49. The number of benzene rings is 2. The van der Waals surface area contributed by atoms with Gasteiger partial charge < -0.3 is 9.47 Å². The highest BCUT2D eigenvalue weighted by Gasteiger charge is 2.21. The Bertz CT molecular complexity index is 969. The standard InChI is InChI=1S/C22H25N3O3/c1-6-28-21-23-19(15-10-12-17(13-11-15)22(2,3)4)25(24-21)20(26)16-8-7-9-18(14-16)27-5/h7-14H,6H2,1-5H3. The van der Waals surface area contributed by atoms with Gasteiger partial charge in [0.1, 0.15) is 5.75 Å². The van der Waals surface area contributed by atoms with Crippen molar-refractivity contribution in [3.05, 3.63) is 59.7 Å². The van der Waals surface area contributed by atoms with E-state index in [-0.39, 0.29) is 17.3 Å². The maximum absolute atomic E-state index is 13.1. The molecule has 6 heteroatoms. The summed E-state index contributed by atoms with van der Waals surface area (Å²) in [6, 6.07) is 15.1. The molecule has 0 fully saturated rings. The summed E-state index contributed by atoms with van der Waals surface area (Å²) in [4.78, 5) is 17.5. The molecule has 0 radical (unpaired) electrons. The monoisotopic (exact) mass is 379 g/mol. The second-order valence-electron chi connectivity index (χ2n) is 7.43. The molecule has 0 aliphatic carbocycles. The lowest BCUT2D eigenvalue weighted by molar-refractivity contribution is 0.0944. The van der Waals surface area contributed by atoms with Crippen LogP contribution in [0.5, 0.6) is 11.8 Å². The first-order valence-corrected chi connectivity index (χ1v) is 9.23. The van der Waals surface area contributed by atoms with Gasteiger partial charge in [0, 0.05) is 11.1 Å². The Morgan fingerprint density at radius 1 is 1.11 bits per heavy atom. The molecule has 28 heavy (non-hydrogen) atoms. The Hall–Kier alpha value is -3.15. The van der Waals surface area contributed by atoms with E-state index >= 15 is 0 Å². The van der Waals surface area contributed by atoms with Crippen LogP contribution in [0, 0.1) is 0 Å². The first kappa shape index (κ1) is 19.6. The zero-order valence-corrected chi connectivity index (χ0v) is 16.9. The molecule has 0 saturated heterocycles. The van der Waals surface area contributed by atoms with Crippen LogP contribution in [0.25, 0.3) is 11.4 Å². The molecule has 0 atom stereocenters. The average Bonchev–Trinajstić information content (AvgIpc) is 3.11. The Morgan fingerprint density at radius 3 is 2.43 bits per heavy atom. The number of nitrogens with zero attached hydrogens (tertiary/aromatic N) is 3. The van der Waals surface area contributed by atoms with Crippen molar-refractivity contribution >= 4 is 5.91 Å². The molecule has 0 N–H and O–H groups in total. The summed E-state index contributed by atoms with van der Waals surface area (Å²) in [5.74, 6) is 0.746. The van der Waals surface area contributed by atoms with E-state index in [2.05, 4.69) is 30.9 Å². The Labute approximate surface area is 165 Å². The predicted molar refractivity (Wildman–Crippen MR) is 108 cm³/mol. The molecular weight excluding hydrogens is 354 g/mol. The van der Waals surface area contributed by atoms with Gasteiger partial charge in [0.2, 0.25) is 0 Å². The highest BCUT2D eigenvalue weighted by Crippen LogP contribution is 2.27. The van der Waals surface area contributed by atoms with Gasteiger partial charge >= 0.3 is 6.01 Å². The van der Waals surface area contributed by atoms with Crippen molar-refractivity contribution in [2.75, 3.05) is 13.7 Å². The van der Waals surface area contributed by atoms with E-state index in [0.717, 1.165) is 5.56 Å². The normalized spacial score (nSPS) is 11.3. The fourth-order valence-electron chi connectivity index (χ4n) is 2.81. The van der Waals surface area contributed by atoms with Gasteiger partial charge in [0.05, 0.1) is 13.7 Å². The van der Waals surface area contributed by atoms with Crippen molar-refractivity contribution in [2.45, 2.75) is 33.1 Å². The van der Waals surface area contributed by atoms with Crippen LogP contribution in [0.2, 0.25) is 0 Å². The van der Waals surface area contributed by atoms with Crippen molar-refractivity contribution in [1.82, 2.24) is 14.8 Å². The largest absolute Gasteiger partial charge is 0.497 e. The lowest BCUT2D eigenvalue weighted by Gasteiger charge is -2.19. The third-order valence-electron chi connectivity index (χ3n) is 4.38. The zero-order chi connectivity index (χ0) is 20.3. The lowest BCUT2D eigenvalue weighted by Crippen LogP contribution is -2.15. The molecule has 0 aliphatic heterocycles. The van der Waals surface area contributed by atoms with Gasteiger partial charge in [-0.05, 0) is 36.1 Å². The third kappa shape index (κ3) is 4.06. The molecule has 1 aromatic heterocycles. The summed E-state index contributed by atoms with van der Waals surface area (Å²) in [5, 5.41) is 4.27. The molecular formula is C22H25N3O3. The van der Waals surface area contributed by atoms with Crippen LogP contribution in [-0.4, -0.2) is 34.4 Å². The molecule has 0 aliphatic rings. The number of ether oxygens (including phenoxy) is 2. The smallest absolute Gasteiger partial charge is 0.336 e. The number of carbonyl (C=O) groups is 1. The zero-order valence-electron chi connectivity index (χ0n) is 16.9. The minimum absolute atomic E-state index is 0.0408. The highest BCUT2D eigenvalue weighted by atomic mass is 16.5. The van der Waals surface area contributed by atoms with Gasteiger partial charge in [0.15, 0.2) is 5.82 Å². The quantitative estimate of drug-likeness (QED) is 0.660. The molecule has 0 bridgehead atoms. The summed E-state index contributed by atoms with van der Waals surface area (Å²) in [6.07, 6.45) is 0. The molecule has 6 nitrogen and oxygen atoms in total. The lowest BCUT2D eigenvalue weighted by atomic mass is 9.87. The van der Waals surface area contributed by atoms with Crippen molar-refractivity contribution in [3.63, 3.8) is 0 Å². The summed E-state index contributed by atoms with van der Waals surface area (Å²) in [6.45, 7) is 8.74. The van der Waals surface area contributed by atoms with Gasteiger partial charge in [-0.1, -0.05) is 51.1 Å². The first-order valence-electron chi connectivity index (χ1n) is 9.23. The molecule has 146 valence electrons. The van der Waals surface area contributed by atoms with E-state index in [4.69, 9.17) is 9.47 Å². The van der Waals surface area contributed by atoms with Crippen LogP contribution >= 0.6 is 0 Å². The van der Waals surface area contributed by atoms with E-state index in [9.17, 15) is 4.79 Å². The molecule has 3 rings (SSSR count). The number of hydrogen-bond acceptors (Lipinski definition) is 5. The number of methoxy groups -OCH3 is 1. The number of aromatic nitrogens is 3. The van der Waals surface area contributed by atoms with Crippen molar-refractivity contribution in [3.8, 4) is 23.1 Å². The van der Waals surface area contributed by atoms with Gasteiger partial charge in [-0.2, -0.15) is 9.67 Å². The summed E-state index contributed by atoms with van der Waals surface area (Å²) in [7, 11) is 1.56. The Balaban J connectivity index is 2.05. The van der Waals surface area contributed by atoms with Crippen molar-refractivity contribution < 1.29 is 14.3 Å². The number of rotatable bonds is 5. The Morgan fingerprint density at radius 2 is 1.82 bits per heavy atom. The second-order valence-corrected chi connectivity index (χ2v) is 7.43. The molecule has 1 heterocycles. The van der Waals surface area contributed by atoms with Crippen molar-refractivity contribution in [2.24, 2.45) is 0 Å². The summed E-state index contributed by atoms with van der Waals surface area (Å²) < 4.78 is 11.9. The van der Waals surface area contributed by atoms with Crippen molar-refractivity contribution in [1.29, 1.82) is 0 Å². The van der Waals surface area contributed by atoms with Crippen LogP contribution < -0.4 is 9.47 Å². The van der Waals surface area contributed by atoms with Gasteiger partial charge in [-0.3, -0.25) is 4.79 Å². The maximum atomic E-state index is 13.1. The highest BCUT2D eigenvalue weighted by molar-refractivity contribution is 5.97. The minimum Gasteiger partial charge on any atom is -0.497 e. The van der Waals surface area contributed by atoms with Crippen LogP contribution in [0.1, 0.15) is 43.6 Å². The predicted octanol–water partition coefficient (Wildman–Crippen LogP) is 4.34. The molecule has 2 aromatic carbocycles. The van der Waals surface area contributed by atoms with E-state index in [1.54, 1.807) is 31.4 Å². The van der Waals surface area contributed by atoms with E-state index < -0.39 is 0 Å². The topological polar surface area (TPSA) is 66.2 Å². The second kappa shape index (κ2) is 7.84. The molecule has 0 amide bonds. The third-order valence-corrected chi connectivity index (χ3v) is 4.38. The minimum atomic E-state index is -0.299. The van der Waals surface area contributed by atoms with Crippen LogP contribution in [0.4, 0.5) is 0 Å². The van der Waals surface area contributed by atoms with E-state index in [1.807, 2.05) is 31.2 Å². The SMILES string of the molecule is CCOc1nc(-c2ccc(C(C)(C)C)cc2)n(C(=O)c2cccc(OC)c2)n1. The van der Waals surface area contributed by atoms with Crippen LogP contribution in [0.15, 0.2) is 48.5 Å². The average molecular weight is 379 g/mol. The fourth-order valence-corrected chi connectivity index (χ4v) is 2.81. The molecule has 0 unspecified atom stereocenters. The van der Waals surface area contributed by atoms with Gasteiger partial charge in [0.25, 0.3) is 5.91 Å². The summed E-state index contributed by atoms with van der Waals surface area (Å²) >= 11 is 0. The first-order chi connectivity index (χ1) is 13.3. The number of hydrogen-bond donors (Lipinski definition) is 0. The van der Waals surface area contributed by atoms with Gasteiger partial charge in [-0.15, -0.1) is 5.10 Å². The van der Waals surface area contributed by atoms with Gasteiger partial charge in [-0.25, -0.2) is 0 Å². The van der Waals surface area contributed by atoms with E-state index in [1.165, 1.54) is 10.2 Å². The molecule has 3 aromatic rings. The van der Waals surface area contributed by atoms with Crippen LogP contribution in [-0.2, 0) is 5.41 Å². The van der Waals surface area contributed by atoms with Crippen LogP contribution in [0.3, 0.4) is 0 Å². The fraction of sp³-hybridized carbons (Fsp3) is 0.318. The van der Waals surface area contributed by atoms with E-state index in [0.29, 0.717) is 23.7 Å². The number of carbonyl (C=O) groups excluding carboxylic acids is 1. The Kier molecular flexibility index (Phi) is 5.49. The molecule has 0 saturated carbocycles.